The molecule has 0 bridgehead atoms. The fourth-order valence-corrected chi connectivity index (χ4v) is 7.46. The van der Waals surface area contributed by atoms with E-state index in [-0.39, 0.29) is 35.2 Å². The molecule has 0 saturated heterocycles. The lowest BCUT2D eigenvalue weighted by molar-refractivity contribution is -0.133. The summed E-state index contributed by atoms with van der Waals surface area (Å²) in [6.45, 7) is 6.97. The van der Waals surface area contributed by atoms with Gasteiger partial charge in [0.15, 0.2) is 5.78 Å². The molecule has 134 valence electrons. The van der Waals surface area contributed by atoms with Crippen molar-refractivity contribution in [3.8, 4) is 0 Å². The van der Waals surface area contributed by atoms with Crippen molar-refractivity contribution in [2.24, 2.45) is 40.4 Å². The Morgan fingerprint density at radius 3 is 2.62 bits per heavy atom. The Labute approximate surface area is 145 Å². The lowest BCUT2D eigenvalue weighted by atomic mass is 9.43. The largest absolute Gasteiger partial charge is 0.395 e. The van der Waals surface area contributed by atoms with Crippen molar-refractivity contribution in [2.75, 3.05) is 6.61 Å². The van der Waals surface area contributed by atoms with Crippen LogP contribution in [0.25, 0.3) is 0 Å². The van der Waals surface area contributed by atoms with Gasteiger partial charge in [-0.15, -0.1) is 0 Å². The Morgan fingerprint density at radius 1 is 1.17 bits per heavy atom. The average molecular weight is 332 g/mol. The molecule has 4 rings (SSSR count). The lowest BCUT2D eigenvalue weighted by Crippen LogP contribution is -2.58. The molecule has 2 N–H and O–H groups in total. The summed E-state index contributed by atoms with van der Waals surface area (Å²) in [5, 5.41) is 21.1. The predicted molar refractivity (Wildman–Crippen MR) is 93.2 cm³/mol. The standard InChI is InChI=1S/C21H32O3/c1-12-8-14-10-15(23)9-13(2)21(14,11-22)17-6-7-20(3)16(19(12)17)4-5-18(20)24/h10,12-13,16-19,22,24H,4-9,11H2,1-3H3/t12-,13+,16+,17+,18+,19+,20+,21+/m1/s1. The molecule has 24 heavy (non-hydrogen) atoms. The normalized spacial score (nSPS) is 53.9. The van der Waals surface area contributed by atoms with E-state index in [2.05, 4.69) is 20.8 Å². The number of carbonyl (C=O) groups excluding carboxylic acids is 1. The smallest absolute Gasteiger partial charge is 0.155 e. The molecule has 0 unspecified atom stereocenters. The number of carbonyl (C=O) groups is 1. The molecule has 4 aliphatic carbocycles. The van der Waals surface area contributed by atoms with Crippen molar-refractivity contribution < 1.29 is 15.0 Å². The maximum Gasteiger partial charge on any atom is 0.155 e. The molecule has 3 fully saturated rings. The molecule has 8 atom stereocenters. The first-order chi connectivity index (χ1) is 11.3. The van der Waals surface area contributed by atoms with Crippen molar-refractivity contribution in [3.63, 3.8) is 0 Å². The second-order valence-corrected chi connectivity index (χ2v) is 9.55. The zero-order valence-corrected chi connectivity index (χ0v) is 15.3. The van der Waals surface area contributed by atoms with Crippen molar-refractivity contribution in [3.05, 3.63) is 11.6 Å². The van der Waals surface area contributed by atoms with Crippen LogP contribution in [0.5, 0.6) is 0 Å². The maximum atomic E-state index is 12.1. The number of aliphatic hydroxyl groups is 2. The van der Waals surface area contributed by atoms with Gasteiger partial charge in [-0.1, -0.05) is 26.3 Å². The Kier molecular flexibility index (Phi) is 3.78. The van der Waals surface area contributed by atoms with Gasteiger partial charge in [0.25, 0.3) is 0 Å². The van der Waals surface area contributed by atoms with Crippen LogP contribution in [0.15, 0.2) is 11.6 Å². The van der Waals surface area contributed by atoms with E-state index in [1.807, 2.05) is 6.08 Å². The van der Waals surface area contributed by atoms with E-state index in [1.165, 1.54) is 5.57 Å². The van der Waals surface area contributed by atoms with Crippen LogP contribution in [0.3, 0.4) is 0 Å². The highest BCUT2D eigenvalue weighted by atomic mass is 16.3. The van der Waals surface area contributed by atoms with Crippen LogP contribution in [0.4, 0.5) is 0 Å². The Bertz CT molecular complexity index is 582. The van der Waals surface area contributed by atoms with Crippen molar-refractivity contribution in [1.82, 2.24) is 0 Å². The van der Waals surface area contributed by atoms with Gasteiger partial charge in [0.2, 0.25) is 0 Å². The van der Waals surface area contributed by atoms with Crippen LogP contribution in [-0.4, -0.2) is 28.7 Å². The fourth-order valence-electron chi connectivity index (χ4n) is 7.46. The van der Waals surface area contributed by atoms with Crippen molar-refractivity contribution in [1.29, 1.82) is 0 Å². The zero-order chi connectivity index (χ0) is 17.3. The molecule has 0 radical (unpaired) electrons. The molecule has 4 aliphatic rings. The molecule has 0 aliphatic heterocycles. The summed E-state index contributed by atoms with van der Waals surface area (Å²) in [6, 6.07) is 0. The Morgan fingerprint density at radius 2 is 1.92 bits per heavy atom. The Balaban J connectivity index is 1.79. The molecule has 3 heteroatoms. The minimum Gasteiger partial charge on any atom is -0.395 e. The van der Waals surface area contributed by atoms with Crippen molar-refractivity contribution in [2.45, 2.75) is 65.4 Å². The minimum atomic E-state index is -0.194. The number of hydrogen-bond acceptors (Lipinski definition) is 3. The molecule has 0 spiro atoms. The van der Waals surface area contributed by atoms with Crippen molar-refractivity contribution >= 4 is 5.78 Å². The second kappa shape index (κ2) is 5.41. The lowest BCUT2D eigenvalue weighted by Gasteiger charge is -2.62. The van der Waals surface area contributed by atoms with Gasteiger partial charge < -0.3 is 10.2 Å². The first kappa shape index (κ1) is 16.8. The Hall–Kier alpha value is -0.670. The number of rotatable bonds is 1. The monoisotopic (exact) mass is 332 g/mol. The first-order valence-corrected chi connectivity index (χ1v) is 9.87. The highest BCUT2D eigenvalue weighted by Crippen LogP contribution is 2.67. The molecule has 0 aromatic carbocycles. The van der Waals surface area contributed by atoms with Crippen LogP contribution in [0, 0.1) is 40.4 Å². The summed E-state index contributed by atoms with van der Waals surface area (Å²) in [6.07, 6.45) is 7.42. The van der Waals surface area contributed by atoms with E-state index in [0.29, 0.717) is 30.1 Å². The fraction of sp³-hybridized carbons (Fsp3) is 0.857. The third kappa shape index (κ3) is 1.94. The van der Waals surface area contributed by atoms with E-state index in [9.17, 15) is 15.0 Å². The molecule has 3 nitrogen and oxygen atoms in total. The molecular formula is C21H32O3. The molecule has 3 saturated carbocycles. The summed E-state index contributed by atoms with van der Waals surface area (Å²) < 4.78 is 0. The van der Waals surface area contributed by atoms with Crippen LogP contribution in [0.1, 0.15) is 59.3 Å². The van der Waals surface area contributed by atoms with E-state index >= 15 is 0 Å². The van der Waals surface area contributed by atoms with Gasteiger partial charge in [-0.2, -0.15) is 0 Å². The summed E-state index contributed by atoms with van der Waals surface area (Å²) in [4.78, 5) is 12.1. The second-order valence-electron chi connectivity index (χ2n) is 9.55. The quantitative estimate of drug-likeness (QED) is 0.774. The van der Waals surface area contributed by atoms with Crippen LogP contribution < -0.4 is 0 Å². The third-order valence-corrected chi connectivity index (χ3v) is 8.72. The molecule has 0 heterocycles. The van der Waals surface area contributed by atoms with Gasteiger partial charge in [0.05, 0.1) is 12.7 Å². The zero-order valence-electron chi connectivity index (χ0n) is 15.3. The predicted octanol–water partition coefficient (Wildman–Crippen LogP) is 3.34. The van der Waals surface area contributed by atoms with Gasteiger partial charge in [0, 0.05) is 11.8 Å². The van der Waals surface area contributed by atoms with Gasteiger partial charge >= 0.3 is 0 Å². The van der Waals surface area contributed by atoms with E-state index in [0.717, 1.165) is 32.1 Å². The van der Waals surface area contributed by atoms with Crippen LogP contribution >= 0.6 is 0 Å². The summed E-state index contributed by atoms with van der Waals surface area (Å²) in [5.41, 5.74) is 1.09. The van der Waals surface area contributed by atoms with E-state index in [4.69, 9.17) is 0 Å². The minimum absolute atomic E-state index is 0.0566. The average Bonchev–Trinajstić information content (AvgIpc) is 2.82. The van der Waals surface area contributed by atoms with E-state index in [1.54, 1.807) is 0 Å². The number of aliphatic hydroxyl groups excluding tert-OH is 2. The number of hydrogen-bond donors (Lipinski definition) is 2. The highest BCUT2D eigenvalue weighted by molar-refractivity contribution is 5.92. The molecule has 0 aromatic heterocycles. The highest BCUT2D eigenvalue weighted by Gasteiger charge is 2.62. The third-order valence-electron chi connectivity index (χ3n) is 8.72. The molecule has 0 aromatic rings. The van der Waals surface area contributed by atoms with E-state index < -0.39 is 0 Å². The summed E-state index contributed by atoms with van der Waals surface area (Å²) in [5.74, 6) is 2.60. The summed E-state index contributed by atoms with van der Waals surface area (Å²) in [7, 11) is 0. The molecule has 0 amide bonds. The van der Waals surface area contributed by atoms with Gasteiger partial charge in [-0.3, -0.25) is 4.79 Å². The molecular weight excluding hydrogens is 300 g/mol. The topological polar surface area (TPSA) is 57.5 Å². The first-order valence-electron chi connectivity index (χ1n) is 9.87. The van der Waals surface area contributed by atoms with Gasteiger partial charge in [-0.05, 0) is 73.2 Å². The SMILES string of the molecule is C[C@@H]1CC2=CC(=O)C[C@H](C)[C@]2(CO)[C@H]2CC[C@]3(C)[C@@H](O)CC[C@H]3[C@H]12. The van der Waals surface area contributed by atoms with Crippen LogP contribution in [0.2, 0.25) is 0 Å². The van der Waals surface area contributed by atoms with Crippen LogP contribution in [-0.2, 0) is 4.79 Å². The number of fused-ring (bicyclic) bond motifs is 5. The van der Waals surface area contributed by atoms with Gasteiger partial charge in [-0.25, -0.2) is 0 Å². The number of ketones is 1. The van der Waals surface area contributed by atoms with Gasteiger partial charge in [0.1, 0.15) is 0 Å². The maximum absolute atomic E-state index is 12.1. The summed E-state index contributed by atoms with van der Waals surface area (Å²) >= 11 is 0.